The maximum Gasteiger partial charge on any atom is 0.219 e. The molecule has 2 unspecified atom stereocenters. The molecule has 16 heavy (non-hydrogen) atoms. The van der Waals surface area contributed by atoms with E-state index >= 15 is 0 Å². The van der Waals surface area contributed by atoms with Crippen molar-refractivity contribution in [3.63, 3.8) is 0 Å². The fraction of sp³-hybridized carbons (Fsp3) is 0.500. The highest BCUT2D eigenvalue weighted by Gasteiger charge is 2.58. The molecular weight excluding hydrogens is 198 g/mol. The average molecular weight is 215 g/mol. The molecule has 2 aliphatic carbocycles. The first kappa shape index (κ1) is 9.88. The topological polar surface area (TPSA) is 29.1 Å². The third-order valence-corrected chi connectivity index (χ3v) is 4.13. The number of hydrogen-bond acceptors (Lipinski definition) is 1. The van der Waals surface area contributed by atoms with Gasteiger partial charge in [0, 0.05) is 17.9 Å². The molecule has 2 heteroatoms. The smallest absolute Gasteiger partial charge is 0.219 e. The van der Waals surface area contributed by atoms with Crippen molar-refractivity contribution in [3.8, 4) is 0 Å². The van der Waals surface area contributed by atoms with Crippen LogP contribution in [0.25, 0.3) is 0 Å². The molecule has 1 spiro atoms. The van der Waals surface area contributed by atoms with Gasteiger partial charge in [-0.1, -0.05) is 31.2 Å². The van der Waals surface area contributed by atoms with Crippen LogP contribution in [0.15, 0.2) is 24.3 Å². The number of rotatable bonds is 2. The lowest BCUT2D eigenvalue weighted by Gasteiger charge is -2.11. The van der Waals surface area contributed by atoms with Crippen LogP contribution in [0.3, 0.4) is 0 Å². The van der Waals surface area contributed by atoms with Gasteiger partial charge in [0.2, 0.25) is 5.91 Å². The van der Waals surface area contributed by atoms with Crippen molar-refractivity contribution < 1.29 is 4.79 Å². The van der Waals surface area contributed by atoms with E-state index in [4.69, 9.17) is 0 Å². The van der Waals surface area contributed by atoms with E-state index in [1.165, 1.54) is 24.0 Å². The highest BCUT2D eigenvalue weighted by Crippen LogP contribution is 2.56. The molecular formula is C14H17NO. The molecule has 3 rings (SSSR count). The van der Waals surface area contributed by atoms with Gasteiger partial charge in [-0.25, -0.2) is 0 Å². The summed E-state index contributed by atoms with van der Waals surface area (Å²) in [5.74, 6) is 0.186. The zero-order valence-electron chi connectivity index (χ0n) is 9.62. The van der Waals surface area contributed by atoms with Gasteiger partial charge in [-0.3, -0.25) is 4.79 Å². The first-order valence-corrected chi connectivity index (χ1v) is 6.14. The van der Waals surface area contributed by atoms with Gasteiger partial charge < -0.3 is 5.32 Å². The molecule has 0 radical (unpaired) electrons. The zero-order chi connectivity index (χ0) is 11.2. The fourth-order valence-electron chi connectivity index (χ4n) is 3.08. The summed E-state index contributed by atoms with van der Waals surface area (Å²) >= 11 is 0. The van der Waals surface area contributed by atoms with Gasteiger partial charge in [0.1, 0.15) is 0 Å². The predicted octanol–water partition coefficient (Wildman–Crippen LogP) is 2.17. The molecule has 0 aromatic heterocycles. The summed E-state index contributed by atoms with van der Waals surface area (Å²) < 4.78 is 0. The molecule has 0 heterocycles. The van der Waals surface area contributed by atoms with Crippen LogP contribution in [0.2, 0.25) is 0 Å². The summed E-state index contributed by atoms with van der Waals surface area (Å²) in [5.41, 5.74) is 3.26. The highest BCUT2D eigenvalue weighted by molar-refractivity contribution is 5.77. The van der Waals surface area contributed by atoms with E-state index in [-0.39, 0.29) is 5.91 Å². The molecule has 2 aliphatic rings. The summed E-state index contributed by atoms with van der Waals surface area (Å²) in [7, 11) is 0. The Morgan fingerprint density at radius 3 is 3.12 bits per heavy atom. The Morgan fingerprint density at radius 2 is 2.31 bits per heavy atom. The molecule has 0 bridgehead atoms. The molecule has 1 fully saturated rings. The Morgan fingerprint density at radius 1 is 1.50 bits per heavy atom. The summed E-state index contributed by atoms with van der Waals surface area (Å²) in [4.78, 5) is 11.4. The van der Waals surface area contributed by atoms with Crippen molar-refractivity contribution in [1.29, 1.82) is 0 Å². The second-order valence-electron chi connectivity index (χ2n) is 4.99. The van der Waals surface area contributed by atoms with Gasteiger partial charge in [-0.05, 0) is 30.4 Å². The second kappa shape index (κ2) is 3.34. The molecule has 84 valence electrons. The van der Waals surface area contributed by atoms with Crippen LogP contribution in [0.4, 0.5) is 0 Å². The second-order valence-corrected chi connectivity index (χ2v) is 4.99. The molecule has 2 atom stereocenters. The van der Waals surface area contributed by atoms with E-state index in [9.17, 15) is 4.79 Å². The van der Waals surface area contributed by atoms with Crippen molar-refractivity contribution in [3.05, 3.63) is 35.4 Å². The first-order chi connectivity index (χ1) is 7.76. The number of carbonyl (C=O) groups is 1. The Kier molecular flexibility index (Phi) is 2.06. The van der Waals surface area contributed by atoms with E-state index in [2.05, 4.69) is 29.6 Å². The van der Waals surface area contributed by atoms with E-state index in [1.807, 2.05) is 6.92 Å². The van der Waals surface area contributed by atoms with Gasteiger partial charge in [-0.2, -0.15) is 0 Å². The van der Waals surface area contributed by atoms with Crippen LogP contribution in [-0.2, 0) is 16.6 Å². The number of hydrogen-bond donors (Lipinski definition) is 1. The Labute approximate surface area is 96.1 Å². The molecule has 0 aliphatic heterocycles. The maximum absolute atomic E-state index is 11.4. The summed E-state index contributed by atoms with van der Waals surface area (Å²) in [6, 6.07) is 9.08. The van der Waals surface area contributed by atoms with Crippen LogP contribution in [0.5, 0.6) is 0 Å². The van der Waals surface area contributed by atoms with Gasteiger partial charge >= 0.3 is 0 Å². The Hall–Kier alpha value is -1.31. The third kappa shape index (κ3) is 1.29. The summed E-state index contributed by atoms with van der Waals surface area (Å²) in [6.07, 6.45) is 4.11. The monoisotopic (exact) mass is 215 g/mol. The van der Waals surface area contributed by atoms with Crippen molar-refractivity contribution in [2.24, 2.45) is 0 Å². The standard InChI is InChI=1S/C14H17NO/c1-2-13(16)15-12-9-14(12)8-7-10-5-3-4-6-11(10)14/h3-6,12H,2,7-9H2,1H3,(H,15,16). The first-order valence-electron chi connectivity index (χ1n) is 6.14. The van der Waals surface area contributed by atoms with Crippen LogP contribution >= 0.6 is 0 Å². The van der Waals surface area contributed by atoms with Crippen molar-refractivity contribution >= 4 is 5.91 Å². The third-order valence-electron chi connectivity index (χ3n) is 4.13. The fourth-order valence-corrected chi connectivity index (χ4v) is 3.08. The normalized spacial score (nSPS) is 30.2. The van der Waals surface area contributed by atoms with E-state index in [0.717, 1.165) is 6.42 Å². The SMILES string of the molecule is CCC(=O)NC1CC12CCc1ccccc12. The number of benzene rings is 1. The minimum Gasteiger partial charge on any atom is -0.352 e. The van der Waals surface area contributed by atoms with Crippen molar-refractivity contribution in [2.45, 2.75) is 44.1 Å². The largest absolute Gasteiger partial charge is 0.352 e. The molecule has 1 aromatic rings. The van der Waals surface area contributed by atoms with Gasteiger partial charge in [0.15, 0.2) is 0 Å². The van der Waals surface area contributed by atoms with Gasteiger partial charge in [0.25, 0.3) is 0 Å². The van der Waals surface area contributed by atoms with Crippen molar-refractivity contribution in [1.82, 2.24) is 5.32 Å². The van der Waals surface area contributed by atoms with Crippen LogP contribution in [0.1, 0.15) is 37.3 Å². The van der Waals surface area contributed by atoms with Crippen molar-refractivity contribution in [2.75, 3.05) is 0 Å². The minimum absolute atomic E-state index is 0.186. The number of aryl methyl sites for hydroxylation is 1. The van der Waals surface area contributed by atoms with E-state index in [1.54, 1.807) is 0 Å². The lowest BCUT2D eigenvalue weighted by molar-refractivity contribution is -0.121. The van der Waals surface area contributed by atoms with Gasteiger partial charge in [-0.15, -0.1) is 0 Å². The minimum atomic E-state index is 0.186. The predicted molar refractivity (Wildman–Crippen MR) is 63.3 cm³/mol. The quantitative estimate of drug-likeness (QED) is 0.805. The van der Waals surface area contributed by atoms with Crippen LogP contribution in [-0.4, -0.2) is 11.9 Å². The average Bonchev–Trinajstić information content (AvgIpc) is 2.87. The summed E-state index contributed by atoms with van der Waals surface area (Å²) in [5, 5.41) is 3.14. The molecule has 2 nitrogen and oxygen atoms in total. The molecule has 1 amide bonds. The van der Waals surface area contributed by atoms with E-state index in [0.29, 0.717) is 17.9 Å². The van der Waals surface area contributed by atoms with E-state index < -0.39 is 0 Å². The Bertz CT molecular complexity index is 440. The number of fused-ring (bicyclic) bond motifs is 2. The number of nitrogens with one attached hydrogen (secondary N) is 1. The number of carbonyl (C=O) groups excluding carboxylic acids is 1. The Balaban J connectivity index is 1.82. The summed E-state index contributed by atoms with van der Waals surface area (Å²) in [6.45, 7) is 1.91. The zero-order valence-corrected chi connectivity index (χ0v) is 9.62. The highest BCUT2D eigenvalue weighted by atomic mass is 16.1. The lowest BCUT2D eigenvalue weighted by Crippen LogP contribution is -2.29. The van der Waals surface area contributed by atoms with Gasteiger partial charge in [0.05, 0.1) is 0 Å². The number of amides is 1. The molecule has 1 aromatic carbocycles. The molecule has 0 saturated heterocycles. The molecule has 1 saturated carbocycles. The lowest BCUT2D eigenvalue weighted by atomic mass is 9.97. The maximum atomic E-state index is 11.4. The molecule has 1 N–H and O–H groups in total. The van der Waals surface area contributed by atoms with Crippen LogP contribution in [0, 0.1) is 0 Å². The van der Waals surface area contributed by atoms with Crippen LogP contribution < -0.4 is 5.32 Å².